The third kappa shape index (κ3) is 4.32. The van der Waals surface area contributed by atoms with Crippen LogP contribution in [0.4, 0.5) is 5.69 Å². The predicted molar refractivity (Wildman–Crippen MR) is 107 cm³/mol. The van der Waals surface area contributed by atoms with Crippen molar-refractivity contribution in [1.29, 1.82) is 0 Å². The van der Waals surface area contributed by atoms with E-state index in [0.29, 0.717) is 12.3 Å². The molecule has 1 atom stereocenters. The fraction of sp³-hybridized carbons (Fsp3) is 0.190. The monoisotopic (exact) mass is 384 g/mol. The molecule has 2 N–H and O–H groups in total. The molecule has 140 valence electrons. The molecule has 1 aliphatic rings. The number of rotatable bonds is 5. The highest BCUT2D eigenvalue weighted by Crippen LogP contribution is 2.30. The normalized spacial score (nSPS) is 13.7. The highest BCUT2D eigenvalue weighted by atomic mass is 35.5. The first-order chi connectivity index (χ1) is 12.7. The van der Waals surface area contributed by atoms with E-state index in [0.717, 1.165) is 28.1 Å². The van der Waals surface area contributed by atoms with E-state index in [-0.39, 0.29) is 31.0 Å². The van der Waals surface area contributed by atoms with Gasteiger partial charge in [-0.1, -0.05) is 36.4 Å². The van der Waals surface area contributed by atoms with Gasteiger partial charge in [-0.05, 0) is 36.2 Å². The van der Waals surface area contributed by atoms with Crippen molar-refractivity contribution in [3.05, 3.63) is 72.2 Å². The minimum absolute atomic E-state index is 0. The molecule has 0 saturated carbocycles. The molecule has 0 bridgehead atoms. The third-order valence-electron chi connectivity index (χ3n) is 4.48. The average molecular weight is 385 g/mol. The van der Waals surface area contributed by atoms with E-state index in [1.807, 2.05) is 36.4 Å². The molecule has 6 heteroatoms. The van der Waals surface area contributed by atoms with E-state index in [9.17, 15) is 4.79 Å². The lowest BCUT2D eigenvalue weighted by atomic mass is 10.1. The third-order valence-corrected chi connectivity index (χ3v) is 4.48. The van der Waals surface area contributed by atoms with Crippen molar-refractivity contribution in [2.24, 2.45) is 0 Å². The molecule has 0 fully saturated rings. The van der Waals surface area contributed by atoms with Crippen LogP contribution in [0.25, 0.3) is 11.1 Å². The van der Waals surface area contributed by atoms with Gasteiger partial charge in [0.05, 0.1) is 18.5 Å². The first-order valence-electron chi connectivity index (χ1n) is 8.62. The molecule has 1 unspecified atom stereocenters. The van der Waals surface area contributed by atoms with Crippen molar-refractivity contribution < 1.29 is 13.9 Å². The van der Waals surface area contributed by atoms with Gasteiger partial charge in [-0.2, -0.15) is 0 Å². The van der Waals surface area contributed by atoms with Crippen LogP contribution in [0.15, 0.2) is 65.3 Å². The molecule has 2 aromatic carbocycles. The number of furan rings is 1. The van der Waals surface area contributed by atoms with Crippen LogP contribution in [0.1, 0.15) is 24.3 Å². The Morgan fingerprint density at radius 2 is 1.93 bits per heavy atom. The second-order valence-electron chi connectivity index (χ2n) is 6.36. The van der Waals surface area contributed by atoms with Crippen molar-refractivity contribution in [3.8, 4) is 16.9 Å². The fourth-order valence-corrected chi connectivity index (χ4v) is 3.00. The number of hydrogen-bond acceptors (Lipinski definition) is 4. The molecule has 27 heavy (non-hydrogen) atoms. The molecule has 1 aliphatic heterocycles. The smallest absolute Gasteiger partial charge is 0.262 e. The van der Waals surface area contributed by atoms with Crippen LogP contribution in [0.2, 0.25) is 0 Å². The average Bonchev–Trinajstić information content (AvgIpc) is 3.15. The Kier molecular flexibility index (Phi) is 5.84. The van der Waals surface area contributed by atoms with Gasteiger partial charge in [0.1, 0.15) is 11.5 Å². The van der Waals surface area contributed by atoms with Crippen LogP contribution in [0.3, 0.4) is 0 Å². The second kappa shape index (κ2) is 8.29. The summed E-state index contributed by atoms with van der Waals surface area (Å²) in [5.74, 6) is 1.46. The van der Waals surface area contributed by atoms with Gasteiger partial charge in [0.2, 0.25) is 0 Å². The maximum Gasteiger partial charge on any atom is 0.262 e. The summed E-state index contributed by atoms with van der Waals surface area (Å²) in [6.45, 7) is 2.77. The fourth-order valence-electron chi connectivity index (χ4n) is 3.00. The largest absolute Gasteiger partial charge is 0.482 e. The first-order valence-corrected chi connectivity index (χ1v) is 8.62. The van der Waals surface area contributed by atoms with Crippen LogP contribution in [0, 0.1) is 0 Å². The molecule has 5 nitrogen and oxygen atoms in total. The summed E-state index contributed by atoms with van der Waals surface area (Å²) in [4.78, 5) is 11.5. The number of carbonyl (C=O) groups excluding carboxylic acids is 1. The van der Waals surface area contributed by atoms with Crippen molar-refractivity contribution >= 4 is 24.0 Å². The zero-order valence-electron chi connectivity index (χ0n) is 14.9. The number of amides is 1. The topological polar surface area (TPSA) is 63.5 Å². The lowest BCUT2D eigenvalue weighted by molar-refractivity contribution is -0.118. The Balaban J connectivity index is 0.00000210. The van der Waals surface area contributed by atoms with Gasteiger partial charge < -0.3 is 19.8 Å². The summed E-state index contributed by atoms with van der Waals surface area (Å²) in [5, 5.41) is 6.29. The summed E-state index contributed by atoms with van der Waals surface area (Å²) >= 11 is 0. The summed E-state index contributed by atoms with van der Waals surface area (Å²) in [6.07, 6.45) is 1.78. The number of carbonyl (C=O) groups is 1. The van der Waals surface area contributed by atoms with Crippen molar-refractivity contribution in [2.75, 3.05) is 11.9 Å². The number of anilines is 1. The van der Waals surface area contributed by atoms with Crippen LogP contribution >= 0.6 is 12.4 Å². The van der Waals surface area contributed by atoms with Crippen LogP contribution in [-0.4, -0.2) is 12.5 Å². The minimum Gasteiger partial charge on any atom is -0.482 e. The van der Waals surface area contributed by atoms with E-state index in [1.54, 1.807) is 6.26 Å². The van der Waals surface area contributed by atoms with Crippen molar-refractivity contribution in [3.63, 3.8) is 0 Å². The summed E-state index contributed by atoms with van der Waals surface area (Å²) < 4.78 is 11.1. The predicted octanol–water partition coefficient (Wildman–Crippen LogP) is 4.55. The molecular weight excluding hydrogens is 364 g/mol. The Labute approximate surface area is 164 Å². The lowest BCUT2D eigenvalue weighted by Crippen LogP contribution is -2.26. The molecule has 3 aromatic rings. The Bertz CT molecular complexity index is 924. The standard InChI is InChI=1S/C21H20N2O3.ClH/c1-14(16-7-8-20-19(10-16)23-21(24)13-26-20)22-11-18-9-17(12-25-18)15-5-3-2-4-6-15;/h2-10,12,14,22H,11,13H2,1H3,(H,23,24);1H. The Hall–Kier alpha value is -2.76. The molecule has 0 saturated heterocycles. The molecule has 1 amide bonds. The van der Waals surface area contributed by atoms with Gasteiger partial charge in [-0.15, -0.1) is 12.4 Å². The number of fused-ring (bicyclic) bond motifs is 1. The number of ether oxygens (including phenoxy) is 1. The van der Waals surface area contributed by atoms with Crippen LogP contribution in [-0.2, 0) is 11.3 Å². The van der Waals surface area contributed by atoms with E-state index in [4.69, 9.17) is 9.15 Å². The SMILES string of the molecule is CC(NCc1cc(-c2ccccc2)co1)c1ccc2c(c1)NC(=O)CO2.Cl. The molecule has 0 radical (unpaired) electrons. The zero-order valence-corrected chi connectivity index (χ0v) is 15.7. The quantitative estimate of drug-likeness (QED) is 0.677. The van der Waals surface area contributed by atoms with Crippen LogP contribution in [0.5, 0.6) is 5.75 Å². The lowest BCUT2D eigenvalue weighted by Gasteiger charge is -2.20. The Morgan fingerprint density at radius 3 is 2.74 bits per heavy atom. The highest BCUT2D eigenvalue weighted by Gasteiger charge is 2.17. The highest BCUT2D eigenvalue weighted by molar-refractivity contribution is 5.95. The van der Waals surface area contributed by atoms with Gasteiger partial charge in [-0.3, -0.25) is 4.79 Å². The number of benzene rings is 2. The van der Waals surface area contributed by atoms with Gasteiger partial charge in [0.25, 0.3) is 5.91 Å². The van der Waals surface area contributed by atoms with Gasteiger partial charge in [-0.25, -0.2) is 0 Å². The molecule has 1 aromatic heterocycles. The maximum absolute atomic E-state index is 11.5. The van der Waals surface area contributed by atoms with Gasteiger partial charge >= 0.3 is 0 Å². The van der Waals surface area contributed by atoms with Crippen molar-refractivity contribution in [1.82, 2.24) is 5.32 Å². The molecule has 2 heterocycles. The molecule has 0 aliphatic carbocycles. The second-order valence-corrected chi connectivity index (χ2v) is 6.36. The molecule has 0 spiro atoms. The van der Waals surface area contributed by atoms with Gasteiger partial charge in [0.15, 0.2) is 6.61 Å². The number of nitrogens with one attached hydrogen (secondary N) is 2. The first kappa shape index (κ1) is 19.0. The number of halogens is 1. The summed E-state index contributed by atoms with van der Waals surface area (Å²) in [7, 11) is 0. The van der Waals surface area contributed by atoms with E-state index >= 15 is 0 Å². The van der Waals surface area contributed by atoms with Gasteiger partial charge in [0, 0.05) is 11.6 Å². The molecular formula is C21H21ClN2O3. The number of hydrogen-bond donors (Lipinski definition) is 2. The van der Waals surface area contributed by atoms with Crippen molar-refractivity contribution in [2.45, 2.75) is 19.5 Å². The summed E-state index contributed by atoms with van der Waals surface area (Å²) in [5.41, 5.74) is 4.01. The molecule has 4 rings (SSSR count). The Morgan fingerprint density at radius 1 is 1.11 bits per heavy atom. The van der Waals surface area contributed by atoms with E-state index in [2.05, 4.69) is 35.8 Å². The maximum atomic E-state index is 11.5. The van der Waals surface area contributed by atoms with Crippen LogP contribution < -0.4 is 15.4 Å². The van der Waals surface area contributed by atoms with E-state index < -0.39 is 0 Å². The zero-order chi connectivity index (χ0) is 17.9. The van der Waals surface area contributed by atoms with E-state index in [1.165, 1.54) is 0 Å². The summed E-state index contributed by atoms with van der Waals surface area (Å²) in [6, 6.07) is 18.2. The minimum atomic E-state index is -0.126.